The van der Waals surface area contributed by atoms with Gasteiger partial charge in [-0.2, -0.15) is 5.26 Å². The molecule has 0 spiro atoms. The summed E-state index contributed by atoms with van der Waals surface area (Å²) in [5, 5.41) is 13.4. The Kier molecular flexibility index (Phi) is 6.05. The fraction of sp³-hybridized carbons (Fsp3) is 0.182. The summed E-state index contributed by atoms with van der Waals surface area (Å²) in [6.45, 7) is 2.05. The zero-order valence-corrected chi connectivity index (χ0v) is 17.2. The second-order valence-electron chi connectivity index (χ2n) is 6.19. The number of nitrogens with zero attached hydrogens (tertiary/aromatic N) is 1. The third-order valence-electron chi connectivity index (χ3n) is 4.56. The highest BCUT2D eigenvalue weighted by Crippen LogP contribution is 2.40. The van der Waals surface area contributed by atoms with Gasteiger partial charge in [-0.15, -0.1) is 11.3 Å². The fourth-order valence-corrected chi connectivity index (χ4v) is 4.03. The number of ketones is 1. The number of carbonyl (C=O) groups excluding carboxylic acids is 1. The van der Waals surface area contributed by atoms with Crippen LogP contribution in [0.3, 0.4) is 0 Å². The van der Waals surface area contributed by atoms with Crippen LogP contribution < -0.4 is 20.5 Å². The number of nitrogens with two attached hydrogens (primary N) is 1. The SMILES string of the molecule is CCc1ccccc1Nc1sc(C(=O)c2ccc(OC)cc2OC)c(N)c1C#N. The van der Waals surface area contributed by atoms with Crippen LogP contribution in [0.15, 0.2) is 42.5 Å². The first-order chi connectivity index (χ1) is 14.0. The largest absolute Gasteiger partial charge is 0.497 e. The predicted molar refractivity (Wildman–Crippen MR) is 116 cm³/mol. The van der Waals surface area contributed by atoms with E-state index in [1.165, 1.54) is 7.11 Å². The number of ether oxygens (including phenoxy) is 2. The maximum absolute atomic E-state index is 13.2. The molecule has 3 N–H and O–H groups in total. The topological polar surface area (TPSA) is 97.4 Å². The molecule has 1 aromatic heterocycles. The number of nitrogens with one attached hydrogen (secondary N) is 1. The number of aryl methyl sites for hydroxylation is 1. The van der Waals surface area contributed by atoms with E-state index >= 15 is 0 Å². The lowest BCUT2D eigenvalue weighted by atomic mass is 10.1. The molecule has 3 rings (SSSR count). The van der Waals surface area contributed by atoms with Crippen molar-refractivity contribution in [3.8, 4) is 17.6 Å². The van der Waals surface area contributed by atoms with Gasteiger partial charge in [-0.3, -0.25) is 4.79 Å². The maximum Gasteiger partial charge on any atom is 0.208 e. The van der Waals surface area contributed by atoms with Crippen LogP contribution in [0, 0.1) is 11.3 Å². The molecular formula is C22H21N3O3S. The van der Waals surface area contributed by atoms with Gasteiger partial charge in [0.05, 0.1) is 25.5 Å². The van der Waals surface area contributed by atoms with Crippen LogP contribution in [-0.2, 0) is 6.42 Å². The van der Waals surface area contributed by atoms with Crippen LogP contribution >= 0.6 is 11.3 Å². The number of nitriles is 1. The second kappa shape index (κ2) is 8.67. The summed E-state index contributed by atoms with van der Waals surface area (Å²) >= 11 is 1.16. The van der Waals surface area contributed by atoms with Gasteiger partial charge < -0.3 is 20.5 Å². The summed E-state index contributed by atoms with van der Waals surface area (Å²) in [7, 11) is 3.03. The van der Waals surface area contributed by atoms with E-state index in [0.29, 0.717) is 26.9 Å². The van der Waals surface area contributed by atoms with Crippen LogP contribution in [0.25, 0.3) is 0 Å². The van der Waals surface area contributed by atoms with Crippen molar-refractivity contribution in [1.29, 1.82) is 5.26 Å². The number of rotatable bonds is 7. The van der Waals surface area contributed by atoms with Crippen molar-refractivity contribution in [1.82, 2.24) is 0 Å². The normalized spacial score (nSPS) is 10.3. The van der Waals surface area contributed by atoms with Crippen molar-refractivity contribution in [2.24, 2.45) is 0 Å². The molecule has 0 atom stereocenters. The van der Waals surface area contributed by atoms with Crippen LogP contribution in [0.5, 0.6) is 11.5 Å². The first-order valence-corrected chi connectivity index (χ1v) is 9.79. The van der Waals surface area contributed by atoms with Crippen LogP contribution in [0.2, 0.25) is 0 Å². The Morgan fingerprint density at radius 2 is 1.97 bits per heavy atom. The number of anilines is 3. The average Bonchev–Trinajstić information content (AvgIpc) is 3.07. The Hall–Kier alpha value is -3.50. The highest BCUT2D eigenvalue weighted by molar-refractivity contribution is 7.19. The molecule has 7 heteroatoms. The molecule has 0 radical (unpaired) electrons. The van der Waals surface area contributed by atoms with E-state index in [4.69, 9.17) is 15.2 Å². The number of nitrogen functional groups attached to an aromatic ring is 1. The monoisotopic (exact) mass is 407 g/mol. The van der Waals surface area contributed by atoms with Crippen LogP contribution in [0.4, 0.5) is 16.4 Å². The van der Waals surface area contributed by atoms with Crippen LogP contribution in [0.1, 0.15) is 33.3 Å². The first kappa shape index (κ1) is 20.2. The van der Waals surface area contributed by atoms with Crippen LogP contribution in [-0.4, -0.2) is 20.0 Å². The van der Waals surface area contributed by atoms with E-state index in [0.717, 1.165) is 29.0 Å². The van der Waals surface area contributed by atoms with E-state index in [1.54, 1.807) is 25.3 Å². The second-order valence-corrected chi connectivity index (χ2v) is 7.21. The van der Waals surface area contributed by atoms with Crippen molar-refractivity contribution in [2.45, 2.75) is 13.3 Å². The lowest BCUT2D eigenvalue weighted by Gasteiger charge is -2.09. The molecule has 0 fully saturated rings. The summed E-state index contributed by atoms with van der Waals surface area (Å²) < 4.78 is 10.5. The molecule has 148 valence electrons. The van der Waals surface area contributed by atoms with Crippen molar-refractivity contribution in [3.05, 3.63) is 64.0 Å². The zero-order chi connectivity index (χ0) is 21.0. The number of carbonyl (C=O) groups is 1. The fourth-order valence-electron chi connectivity index (χ4n) is 2.99. The van der Waals surface area contributed by atoms with E-state index < -0.39 is 0 Å². The summed E-state index contributed by atoms with van der Waals surface area (Å²) in [6.07, 6.45) is 0.834. The molecule has 0 unspecified atom stereocenters. The van der Waals surface area contributed by atoms with Gasteiger partial charge in [-0.1, -0.05) is 25.1 Å². The number of hydrogen-bond acceptors (Lipinski definition) is 7. The Bertz CT molecular complexity index is 1100. The molecule has 0 saturated heterocycles. The average molecular weight is 407 g/mol. The van der Waals surface area contributed by atoms with Crippen molar-refractivity contribution >= 4 is 33.5 Å². The molecule has 1 heterocycles. The van der Waals surface area contributed by atoms with Gasteiger partial charge >= 0.3 is 0 Å². The van der Waals surface area contributed by atoms with Gasteiger partial charge in [0.1, 0.15) is 33.0 Å². The van der Waals surface area contributed by atoms with Gasteiger partial charge in [0, 0.05) is 11.8 Å². The molecule has 29 heavy (non-hydrogen) atoms. The van der Waals surface area contributed by atoms with Gasteiger partial charge in [-0.25, -0.2) is 0 Å². The van der Waals surface area contributed by atoms with Crippen molar-refractivity contribution in [3.63, 3.8) is 0 Å². The third-order valence-corrected chi connectivity index (χ3v) is 5.68. The smallest absolute Gasteiger partial charge is 0.208 e. The molecule has 0 aliphatic heterocycles. The molecule has 3 aromatic rings. The highest BCUT2D eigenvalue weighted by Gasteiger charge is 2.25. The van der Waals surface area contributed by atoms with E-state index in [1.807, 2.05) is 24.3 Å². The highest BCUT2D eigenvalue weighted by atomic mass is 32.1. The Balaban J connectivity index is 2.04. The quantitative estimate of drug-likeness (QED) is 0.548. The Labute approximate surface area is 173 Å². The number of thiophene rings is 1. The molecule has 0 saturated carbocycles. The molecule has 0 amide bonds. The maximum atomic E-state index is 13.2. The minimum absolute atomic E-state index is 0.164. The number of hydrogen-bond donors (Lipinski definition) is 2. The van der Waals surface area contributed by atoms with E-state index in [-0.39, 0.29) is 17.0 Å². The molecule has 0 bridgehead atoms. The molecule has 6 nitrogen and oxygen atoms in total. The minimum Gasteiger partial charge on any atom is -0.497 e. The Morgan fingerprint density at radius 1 is 1.21 bits per heavy atom. The van der Waals surface area contributed by atoms with E-state index in [9.17, 15) is 10.1 Å². The summed E-state index contributed by atoms with van der Waals surface area (Å²) in [5.41, 5.74) is 8.95. The van der Waals surface area contributed by atoms with Gasteiger partial charge in [0.25, 0.3) is 0 Å². The first-order valence-electron chi connectivity index (χ1n) is 8.98. The zero-order valence-electron chi connectivity index (χ0n) is 16.4. The predicted octanol–water partition coefficient (Wildman–Crippen LogP) is 4.76. The Morgan fingerprint density at radius 3 is 2.62 bits per heavy atom. The van der Waals surface area contributed by atoms with Gasteiger partial charge in [0.2, 0.25) is 5.78 Å². The third kappa shape index (κ3) is 3.89. The molecule has 0 aliphatic carbocycles. The lowest BCUT2D eigenvalue weighted by molar-refractivity contribution is 0.104. The summed E-state index contributed by atoms with van der Waals surface area (Å²) in [6, 6.07) is 14.9. The summed E-state index contributed by atoms with van der Waals surface area (Å²) in [4.78, 5) is 13.5. The van der Waals surface area contributed by atoms with E-state index in [2.05, 4.69) is 18.3 Å². The van der Waals surface area contributed by atoms with Gasteiger partial charge in [-0.05, 0) is 30.2 Å². The standard InChI is InChI=1S/C22H21N3O3S/c1-4-13-7-5-6-8-17(13)25-22-16(12-23)19(24)21(29-22)20(26)15-10-9-14(27-2)11-18(15)28-3/h5-11,25H,4,24H2,1-3H3. The van der Waals surface area contributed by atoms with Crippen molar-refractivity contribution in [2.75, 3.05) is 25.3 Å². The number of benzene rings is 2. The minimum atomic E-state index is -0.305. The van der Waals surface area contributed by atoms with Crippen molar-refractivity contribution < 1.29 is 14.3 Å². The number of methoxy groups -OCH3 is 2. The molecular weight excluding hydrogens is 386 g/mol. The lowest BCUT2D eigenvalue weighted by Crippen LogP contribution is -2.05. The summed E-state index contributed by atoms with van der Waals surface area (Å²) in [5.74, 6) is 0.653. The molecule has 2 aromatic carbocycles. The van der Waals surface area contributed by atoms with Gasteiger partial charge in [0.15, 0.2) is 0 Å². The molecule has 0 aliphatic rings. The number of para-hydroxylation sites is 1.